The smallest absolute Gasteiger partial charge is 0.321 e. The second kappa shape index (κ2) is 4.04. The second-order valence-electron chi connectivity index (χ2n) is 5.83. The quantitative estimate of drug-likeness (QED) is 0.626. The summed E-state index contributed by atoms with van der Waals surface area (Å²) in [4.78, 5) is 23.9. The van der Waals surface area contributed by atoms with Crippen molar-refractivity contribution in [2.75, 3.05) is 0 Å². The Labute approximate surface area is 122 Å². The van der Waals surface area contributed by atoms with Crippen LogP contribution in [0.2, 0.25) is 0 Å². The van der Waals surface area contributed by atoms with Crippen LogP contribution in [-0.4, -0.2) is 11.9 Å². The number of hydrogen-bond donors (Lipinski definition) is 0. The van der Waals surface area contributed by atoms with Crippen molar-refractivity contribution in [3.8, 4) is 0 Å². The van der Waals surface area contributed by atoms with Gasteiger partial charge >= 0.3 is 11.9 Å². The molecule has 1 heterocycles. The van der Waals surface area contributed by atoms with Crippen molar-refractivity contribution in [3.05, 3.63) is 71.8 Å². The Morgan fingerprint density at radius 1 is 0.810 bits per heavy atom. The molecule has 2 aromatic carbocycles. The molecule has 2 aromatic rings. The summed E-state index contributed by atoms with van der Waals surface area (Å²) in [5, 5.41) is 0. The third-order valence-electron chi connectivity index (χ3n) is 4.84. The molecule has 1 atom stereocenters. The molecular formula is C18H14O3. The van der Waals surface area contributed by atoms with Crippen LogP contribution in [0.15, 0.2) is 60.7 Å². The number of ether oxygens (including phenoxy) is 1. The molecule has 1 aliphatic carbocycles. The summed E-state index contributed by atoms with van der Waals surface area (Å²) in [6.45, 7) is 0. The molecular weight excluding hydrogens is 264 g/mol. The molecule has 2 aliphatic rings. The minimum absolute atomic E-state index is 0.176. The third-order valence-corrected chi connectivity index (χ3v) is 4.84. The Kier molecular flexibility index (Phi) is 2.37. The molecule has 4 rings (SSSR count). The lowest BCUT2D eigenvalue weighted by molar-refractivity contribution is -0.153. The van der Waals surface area contributed by atoms with Gasteiger partial charge in [-0.15, -0.1) is 0 Å². The fourth-order valence-corrected chi connectivity index (χ4v) is 3.79. The van der Waals surface area contributed by atoms with Crippen molar-refractivity contribution in [2.45, 2.75) is 18.3 Å². The lowest BCUT2D eigenvalue weighted by atomic mass is 9.79. The molecule has 0 N–H and O–H groups in total. The molecule has 0 aromatic heterocycles. The van der Waals surface area contributed by atoms with E-state index in [4.69, 9.17) is 4.74 Å². The van der Waals surface area contributed by atoms with Crippen molar-refractivity contribution in [3.63, 3.8) is 0 Å². The van der Waals surface area contributed by atoms with Crippen LogP contribution in [0.3, 0.4) is 0 Å². The number of carbonyl (C=O) groups excluding carboxylic acids is 2. The predicted octanol–water partition coefficient (Wildman–Crippen LogP) is 2.84. The Balaban J connectivity index is 1.91. The highest BCUT2D eigenvalue weighted by molar-refractivity contribution is 6.02. The van der Waals surface area contributed by atoms with Gasteiger partial charge in [0.25, 0.3) is 0 Å². The topological polar surface area (TPSA) is 43.4 Å². The summed E-state index contributed by atoms with van der Waals surface area (Å²) in [6.07, 6.45) is 0.814. The van der Waals surface area contributed by atoms with E-state index in [1.165, 1.54) is 0 Å². The Hall–Kier alpha value is -2.42. The van der Waals surface area contributed by atoms with Crippen molar-refractivity contribution in [1.82, 2.24) is 0 Å². The monoisotopic (exact) mass is 278 g/mol. The number of hydrogen-bond acceptors (Lipinski definition) is 3. The standard InChI is InChI=1S/C18H14O3/c19-15-11-17(16(20)21-15)12-18(17,13-7-3-1-4-8-13)14-9-5-2-6-10-14/h1-10H,11-12H2. The van der Waals surface area contributed by atoms with E-state index in [2.05, 4.69) is 0 Å². The Morgan fingerprint density at radius 3 is 1.76 bits per heavy atom. The van der Waals surface area contributed by atoms with Crippen molar-refractivity contribution in [2.24, 2.45) is 5.41 Å². The zero-order valence-electron chi connectivity index (χ0n) is 11.4. The van der Waals surface area contributed by atoms with Crippen LogP contribution in [0.25, 0.3) is 0 Å². The van der Waals surface area contributed by atoms with Gasteiger partial charge in [-0.1, -0.05) is 60.7 Å². The zero-order chi connectivity index (χ0) is 14.5. The first-order chi connectivity index (χ1) is 10.2. The largest absolute Gasteiger partial charge is 0.393 e. The van der Waals surface area contributed by atoms with Gasteiger partial charge in [-0.25, -0.2) is 0 Å². The summed E-state index contributed by atoms with van der Waals surface area (Å²) in [6, 6.07) is 19.9. The van der Waals surface area contributed by atoms with E-state index in [0.717, 1.165) is 11.1 Å². The summed E-state index contributed by atoms with van der Waals surface area (Å²) in [5.41, 5.74) is 0.997. The molecule has 104 valence electrons. The molecule has 1 spiro atoms. The average Bonchev–Trinajstić information content (AvgIpc) is 3.11. The van der Waals surface area contributed by atoms with E-state index in [1.807, 2.05) is 60.7 Å². The number of benzene rings is 2. The fourth-order valence-electron chi connectivity index (χ4n) is 3.79. The van der Waals surface area contributed by atoms with E-state index in [-0.39, 0.29) is 12.4 Å². The minimum Gasteiger partial charge on any atom is -0.393 e. The first-order valence-electron chi connectivity index (χ1n) is 7.05. The van der Waals surface area contributed by atoms with Gasteiger partial charge in [0.05, 0.1) is 11.8 Å². The lowest BCUT2D eigenvalue weighted by Crippen LogP contribution is -2.24. The highest BCUT2D eigenvalue weighted by Crippen LogP contribution is 2.72. The summed E-state index contributed by atoms with van der Waals surface area (Å²) >= 11 is 0. The number of carbonyl (C=O) groups is 2. The van der Waals surface area contributed by atoms with Crippen LogP contribution in [0.5, 0.6) is 0 Å². The molecule has 1 saturated carbocycles. The van der Waals surface area contributed by atoms with Crippen molar-refractivity contribution < 1.29 is 14.3 Å². The van der Waals surface area contributed by atoms with Gasteiger partial charge in [0.15, 0.2) is 0 Å². The number of esters is 2. The molecule has 21 heavy (non-hydrogen) atoms. The van der Waals surface area contributed by atoms with Crippen LogP contribution in [0, 0.1) is 5.41 Å². The van der Waals surface area contributed by atoms with Crippen molar-refractivity contribution in [1.29, 1.82) is 0 Å². The summed E-state index contributed by atoms with van der Waals surface area (Å²) in [7, 11) is 0. The molecule has 1 unspecified atom stereocenters. The number of cyclic esters (lactones) is 2. The van der Waals surface area contributed by atoms with Gasteiger partial charge in [0, 0.05) is 5.41 Å². The number of rotatable bonds is 2. The zero-order valence-corrected chi connectivity index (χ0v) is 11.4. The van der Waals surface area contributed by atoms with Crippen LogP contribution in [0.4, 0.5) is 0 Å². The van der Waals surface area contributed by atoms with Crippen molar-refractivity contribution >= 4 is 11.9 Å². The van der Waals surface area contributed by atoms with Crippen LogP contribution < -0.4 is 0 Å². The highest BCUT2D eigenvalue weighted by atomic mass is 16.6. The Bertz CT molecular complexity index is 681. The maximum Gasteiger partial charge on any atom is 0.321 e. The van der Waals surface area contributed by atoms with Crippen LogP contribution in [-0.2, 0) is 19.7 Å². The summed E-state index contributed by atoms with van der Waals surface area (Å²) in [5.74, 6) is -0.783. The first-order valence-corrected chi connectivity index (χ1v) is 7.05. The van der Waals surface area contributed by atoms with Gasteiger partial charge in [-0.3, -0.25) is 9.59 Å². The minimum atomic E-state index is -0.715. The van der Waals surface area contributed by atoms with Gasteiger partial charge in [-0.05, 0) is 17.5 Å². The van der Waals surface area contributed by atoms with Crippen LogP contribution in [0.1, 0.15) is 24.0 Å². The molecule has 3 nitrogen and oxygen atoms in total. The highest BCUT2D eigenvalue weighted by Gasteiger charge is 2.77. The molecule has 2 fully saturated rings. The molecule has 3 heteroatoms. The van der Waals surface area contributed by atoms with E-state index >= 15 is 0 Å². The van der Waals surface area contributed by atoms with E-state index in [9.17, 15) is 9.59 Å². The fraction of sp³-hybridized carbons (Fsp3) is 0.222. The van der Waals surface area contributed by atoms with Gasteiger partial charge in [0.1, 0.15) is 0 Å². The molecule has 1 aliphatic heterocycles. The lowest BCUT2D eigenvalue weighted by Gasteiger charge is -2.21. The maximum absolute atomic E-state index is 12.3. The predicted molar refractivity (Wildman–Crippen MR) is 76.4 cm³/mol. The first kappa shape index (κ1) is 12.3. The van der Waals surface area contributed by atoms with E-state index < -0.39 is 16.8 Å². The second-order valence-corrected chi connectivity index (χ2v) is 5.83. The van der Waals surface area contributed by atoms with Gasteiger partial charge in [-0.2, -0.15) is 0 Å². The molecule has 1 saturated heterocycles. The van der Waals surface area contributed by atoms with E-state index in [1.54, 1.807) is 0 Å². The molecule has 0 bridgehead atoms. The summed E-state index contributed by atoms with van der Waals surface area (Å²) < 4.78 is 4.86. The van der Waals surface area contributed by atoms with Gasteiger partial charge in [0.2, 0.25) is 0 Å². The average molecular weight is 278 g/mol. The molecule has 0 radical (unpaired) electrons. The maximum atomic E-state index is 12.3. The SMILES string of the molecule is O=C1CC2(CC2(c2ccccc2)c2ccccc2)C(=O)O1. The molecule has 0 amide bonds. The Morgan fingerprint density at radius 2 is 1.33 bits per heavy atom. The van der Waals surface area contributed by atoms with Gasteiger partial charge < -0.3 is 4.74 Å². The van der Waals surface area contributed by atoms with E-state index in [0.29, 0.717) is 6.42 Å². The van der Waals surface area contributed by atoms with Crippen LogP contribution >= 0.6 is 0 Å². The third kappa shape index (κ3) is 1.49. The normalized spacial score (nSPS) is 25.9.